The second-order valence-corrected chi connectivity index (χ2v) is 4.08. The van der Waals surface area contributed by atoms with Gasteiger partial charge in [-0.15, -0.1) is 0 Å². The maximum Gasteiger partial charge on any atom is 0.322 e. The van der Waals surface area contributed by atoms with Crippen molar-refractivity contribution in [2.24, 2.45) is 5.73 Å². The molecule has 0 aliphatic heterocycles. The summed E-state index contributed by atoms with van der Waals surface area (Å²) in [6.45, 7) is 0.173. The van der Waals surface area contributed by atoms with Gasteiger partial charge < -0.3 is 20.5 Å². The lowest BCUT2D eigenvalue weighted by atomic mass is 10.2. The molecule has 17 heavy (non-hydrogen) atoms. The van der Waals surface area contributed by atoms with Crippen LogP contribution in [0.3, 0.4) is 0 Å². The van der Waals surface area contributed by atoms with Gasteiger partial charge in [-0.1, -0.05) is 11.6 Å². The third-order valence-electron chi connectivity index (χ3n) is 2.34. The number of hydrogen-bond acceptors (Lipinski definition) is 4. The average molecular weight is 259 g/mol. The minimum atomic E-state index is -1.04. The molecule has 1 rings (SSSR count). The number of nitrogens with zero attached hydrogens (tertiary/aromatic N) is 1. The van der Waals surface area contributed by atoms with E-state index in [1.807, 2.05) is 0 Å². The van der Waals surface area contributed by atoms with E-state index >= 15 is 0 Å². The van der Waals surface area contributed by atoms with E-state index < -0.39 is 12.0 Å². The van der Waals surface area contributed by atoms with E-state index in [9.17, 15) is 4.79 Å². The Balaban J connectivity index is 2.90. The van der Waals surface area contributed by atoms with Gasteiger partial charge in [0.2, 0.25) is 0 Å². The SMILES string of the molecule is COc1ccc(Cl)cc1N(C)CC(N)C(=O)O. The molecule has 1 unspecified atom stereocenters. The molecule has 0 heterocycles. The van der Waals surface area contributed by atoms with E-state index in [2.05, 4.69) is 0 Å². The van der Waals surface area contributed by atoms with Gasteiger partial charge in [-0.2, -0.15) is 0 Å². The van der Waals surface area contributed by atoms with Crippen molar-refractivity contribution in [3.05, 3.63) is 23.2 Å². The van der Waals surface area contributed by atoms with Gasteiger partial charge in [-0.25, -0.2) is 0 Å². The molecule has 0 bridgehead atoms. The minimum absolute atomic E-state index is 0.173. The molecule has 1 aromatic carbocycles. The van der Waals surface area contributed by atoms with Crippen LogP contribution in [0.2, 0.25) is 5.02 Å². The quantitative estimate of drug-likeness (QED) is 0.830. The van der Waals surface area contributed by atoms with Crippen LogP contribution < -0.4 is 15.4 Å². The van der Waals surface area contributed by atoms with E-state index in [0.717, 1.165) is 0 Å². The predicted molar refractivity (Wildman–Crippen MR) is 66.9 cm³/mol. The number of ether oxygens (including phenoxy) is 1. The molecular weight excluding hydrogens is 244 g/mol. The average Bonchev–Trinajstić information content (AvgIpc) is 2.28. The summed E-state index contributed by atoms with van der Waals surface area (Å²) in [6.07, 6.45) is 0. The molecule has 0 saturated heterocycles. The molecule has 0 aliphatic rings. The Hall–Kier alpha value is -1.46. The highest BCUT2D eigenvalue weighted by Crippen LogP contribution is 2.30. The molecule has 0 aromatic heterocycles. The van der Waals surface area contributed by atoms with E-state index in [-0.39, 0.29) is 6.54 Å². The first-order valence-corrected chi connectivity index (χ1v) is 5.36. The Morgan fingerprint density at radius 2 is 2.29 bits per heavy atom. The molecule has 0 fully saturated rings. The summed E-state index contributed by atoms with van der Waals surface area (Å²) in [4.78, 5) is 12.4. The van der Waals surface area contributed by atoms with Crippen molar-refractivity contribution in [2.75, 3.05) is 25.6 Å². The number of benzene rings is 1. The van der Waals surface area contributed by atoms with Crippen LogP contribution in [-0.2, 0) is 4.79 Å². The van der Waals surface area contributed by atoms with Gasteiger partial charge in [0.1, 0.15) is 11.8 Å². The molecular formula is C11H15ClN2O3. The smallest absolute Gasteiger partial charge is 0.322 e. The number of carboxylic acid groups (broad SMARTS) is 1. The molecule has 1 aromatic rings. The lowest BCUT2D eigenvalue weighted by Crippen LogP contribution is -2.41. The number of halogens is 1. The molecule has 0 radical (unpaired) electrons. The summed E-state index contributed by atoms with van der Waals surface area (Å²) < 4.78 is 5.17. The largest absolute Gasteiger partial charge is 0.495 e. The van der Waals surface area contributed by atoms with Gasteiger partial charge in [0, 0.05) is 18.6 Å². The third kappa shape index (κ3) is 3.51. The van der Waals surface area contributed by atoms with E-state index in [1.165, 1.54) is 7.11 Å². The first-order valence-electron chi connectivity index (χ1n) is 4.98. The zero-order valence-electron chi connectivity index (χ0n) is 9.68. The molecule has 0 saturated carbocycles. The number of aliphatic carboxylic acids is 1. The highest BCUT2D eigenvalue weighted by atomic mass is 35.5. The second kappa shape index (κ2) is 5.75. The Kier molecular flexibility index (Phi) is 4.60. The monoisotopic (exact) mass is 258 g/mol. The number of carbonyl (C=O) groups is 1. The van der Waals surface area contributed by atoms with Crippen molar-refractivity contribution in [3.63, 3.8) is 0 Å². The number of likely N-dealkylation sites (N-methyl/N-ethyl adjacent to an activating group) is 1. The zero-order valence-corrected chi connectivity index (χ0v) is 10.4. The van der Waals surface area contributed by atoms with Crippen molar-refractivity contribution in [3.8, 4) is 5.75 Å². The van der Waals surface area contributed by atoms with Crippen LogP contribution >= 0.6 is 11.6 Å². The highest BCUT2D eigenvalue weighted by Gasteiger charge is 2.16. The molecule has 0 amide bonds. The Labute approximate surface area is 105 Å². The molecule has 1 atom stereocenters. The zero-order chi connectivity index (χ0) is 13.0. The fourth-order valence-electron chi connectivity index (χ4n) is 1.43. The lowest BCUT2D eigenvalue weighted by Gasteiger charge is -2.23. The van der Waals surface area contributed by atoms with Crippen molar-refractivity contribution in [2.45, 2.75) is 6.04 Å². The molecule has 3 N–H and O–H groups in total. The number of carboxylic acids is 1. The van der Waals surface area contributed by atoms with E-state index in [4.69, 9.17) is 27.2 Å². The number of rotatable bonds is 5. The van der Waals surface area contributed by atoms with Crippen molar-refractivity contribution >= 4 is 23.3 Å². The Morgan fingerprint density at radius 1 is 1.65 bits per heavy atom. The van der Waals surface area contributed by atoms with Crippen LogP contribution in [0.1, 0.15) is 0 Å². The van der Waals surface area contributed by atoms with Crippen molar-refractivity contribution < 1.29 is 14.6 Å². The normalized spacial score (nSPS) is 12.0. The number of nitrogens with two attached hydrogens (primary N) is 1. The molecule has 0 aliphatic carbocycles. The van der Waals surface area contributed by atoms with Crippen molar-refractivity contribution in [1.82, 2.24) is 0 Å². The van der Waals surface area contributed by atoms with Crippen LogP contribution in [0, 0.1) is 0 Å². The summed E-state index contributed by atoms with van der Waals surface area (Å²) in [7, 11) is 3.27. The highest BCUT2D eigenvalue weighted by molar-refractivity contribution is 6.30. The molecule has 6 heteroatoms. The van der Waals surface area contributed by atoms with Gasteiger partial charge in [-0.3, -0.25) is 4.79 Å². The molecule has 5 nitrogen and oxygen atoms in total. The summed E-state index contributed by atoms with van der Waals surface area (Å²) in [5.74, 6) is -0.424. The third-order valence-corrected chi connectivity index (χ3v) is 2.57. The topological polar surface area (TPSA) is 75.8 Å². The van der Waals surface area contributed by atoms with Gasteiger partial charge in [0.05, 0.1) is 12.8 Å². The van der Waals surface area contributed by atoms with Crippen LogP contribution in [0.5, 0.6) is 5.75 Å². The summed E-state index contributed by atoms with van der Waals surface area (Å²) in [6, 6.07) is 4.17. The van der Waals surface area contributed by atoms with Gasteiger partial charge in [0.25, 0.3) is 0 Å². The standard InChI is InChI=1S/C11H15ClN2O3/c1-14(6-8(13)11(15)16)9-5-7(12)3-4-10(9)17-2/h3-5,8H,6,13H2,1-2H3,(H,15,16). The van der Waals surface area contributed by atoms with Crippen LogP contribution in [0.15, 0.2) is 18.2 Å². The van der Waals surface area contributed by atoms with Crippen molar-refractivity contribution in [1.29, 1.82) is 0 Å². The minimum Gasteiger partial charge on any atom is -0.495 e. The summed E-state index contributed by atoms with van der Waals surface area (Å²) >= 11 is 5.89. The summed E-state index contributed by atoms with van der Waals surface area (Å²) in [5, 5.41) is 9.30. The second-order valence-electron chi connectivity index (χ2n) is 3.64. The van der Waals surface area contributed by atoms with E-state index in [0.29, 0.717) is 16.5 Å². The summed E-state index contributed by atoms with van der Waals surface area (Å²) in [5.41, 5.74) is 6.17. The van der Waals surface area contributed by atoms with Crippen LogP contribution in [0.25, 0.3) is 0 Å². The van der Waals surface area contributed by atoms with Gasteiger partial charge in [0.15, 0.2) is 0 Å². The first kappa shape index (κ1) is 13.6. The molecule has 94 valence electrons. The number of methoxy groups -OCH3 is 1. The maximum absolute atomic E-state index is 10.7. The number of hydrogen-bond donors (Lipinski definition) is 2. The Bertz CT molecular complexity index is 412. The molecule has 0 spiro atoms. The van der Waals surface area contributed by atoms with Crippen LogP contribution in [-0.4, -0.2) is 37.8 Å². The first-order chi connectivity index (χ1) is 7.95. The fraction of sp³-hybridized carbons (Fsp3) is 0.364. The Morgan fingerprint density at radius 3 is 2.82 bits per heavy atom. The van der Waals surface area contributed by atoms with E-state index in [1.54, 1.807) is 30.1 Å². The van der Waals surface area contributed by atoms with Gasteiger partial charge in [-0.05, 0) is 18.2 Å². The lowest BCUT2D eigenvalue weighted by molar-refractivity contribution is -0.138. The fourth-order valence-corrected chi connectivity index (χ4v) is 1.60. The predicted octanol–water partition coefficient (Wildman–Crippen LogP) is 1.20. The van der Waals surface area contributed by atoms with Crippen LogP contribution in [0.4, 0.5) is 5.69 Å². The number of anilines is 1. The van der Waals surface area contributed by atoms with Gasteiger partial charge >= 0.3 is 5.97 Å². The maximum atomic E-state index is 10.7.